The lowest BCUT2D eigenvalue weighted by Gasteiger charge is -2.35. The van der Waals surface area contributed by atoms with Crippen molar-refractivity contribution in [3.05, 3.63) is 35.9 Å². The van der Waals surface area contributed by atoms with E-state index in [9.17, 15) is 9.59 Å². The van der Waals surface area contributed by atoms with E-state index in [-0.39, 0.29) is 17.9 Å². The van der Waals surface area contributed by atoms with Gasteiger partial charge in [0.05, 0.1) is 26.2 Å². The maximum absolute atomic E-state index is 12.5. The number of carbonyl (C=O) groups is 2. The summed E-state index contributed by atoms with van der Waals surface area (Å²) in [6, 6.07) is 9.76. The number of nitrogens with zero attached hydrogens (tertiary/aromatic N) is 1. The molecule has 0 bridgehead atoms. The Morgan fingerprint density at radius 2 is 1.75 bits per heavy atom. The van der Waals surface area contributed by atoms with E-state index < -0.39 is 0 Å². The molecule has 5 heteroatoms. The van der Waals surface area contributed by atoms with Gasteiger partial charge < -0.3 is 15.1 Å². The maximum atomic E-state index is 12.5. The van der Waals surface area contributed by atoms with Gasteiger partial charge in [-0.15, -0.1) is 0 Å². The molecule has 1 aliphatic heterocycles. The summed E-state index contributed by atoms with van der Waals surface area (Å²) in [4.78, 5) is 28.1. The highest BCUT2D eigenvalue weighted by Crippen LogP contribution is 2.17. The van der Waals surface area contributed by atoms with Gasteiger partial charge in [-0.1, -0.05) is 31.0 Å². The summed E-state index contributed by atoms with van der Waals surface area (Å²) in [5.74, 6) is 0.262. The first-order valence-corrected chi connectivity index (χ1v) is 9.14. The molecule has 2 fully saturated rings. The first kappa shape index (κ1) is 17.0. The molecule has 130 valence electrons. The summed E-state index contributed by atoms with van der Waals surface area (Å²) in [5.41, 5.74) is 0.743. The molecule has 1 aromatic carbocycles. The van der Waals surface area contributed by atoms with E-state index in [1.807, 2.05) is 42.2 Å². The van der Waals surface area contributed by atoms with Crippen LogP contribution in [0, 0.1) is 0 Å². The first-order chi connectivity index (χ1) is 11.6. The smallest absolute Gasteiger partial charge is 0.278 e. The van der Waals surface area contributed by atoms with E-state index in [4.69, 9.17) is 0 Å². The standard InChI is InChI=1S/C19H27N3O2/c1-15(18(23)20-17-9-5-6-10-17)21-11-13-22(14-12-21)19(24)16-7-3-2-4-8-16/h2-4,7-8,15,17H,5-6,9-14H2,1H3,(H,20,23)/p+1/t15-/m1/s1. The van der Waals surface area contributed by atoms with Gasteiger partial charge in [-0.3, -0.25) is 9.59 Å². The Labute approximate surface area is 144 Å². The second-order valence-electron chi connectivity index (χ2n) is 7.03. The van der Waals surface area contributed by atoms with Crippen molar-refractivity contribution in [2.45, 2.75) is 44.7 Å². The van der Waals surface area contributed by atoms with E-state index in [0.29, 0.717) is 19.1 Å². The van der Waals surface area contributed by atoms with Crippen molar-refractivity contribution in [2.75, 3.05) is 26.2 Å². The van der Waals surface area contributed by atoms with Crippen LogP contribution in [0.1, 0.15) is 43.0 Å². The molecule has 2 amide bonds. The third kappa shape index (κ3) is 3.96. The van der Waals surface area contributed by atoms with Crippen molar-refractivity contribution in [3.63, 3.8) is 0 Å². The van der Waals surface area contributed by atoms with E-state index in [0.717, 1.165) is 31.5 Å². The molecule has 1 saturated heterocycles. The van der Waals surface area contributed by atoms with Gasteiger partial charge in [0, 0.05) is 11.6 Å². The number of piperazine rings is 1. The minimum Gasteiger partial charge on any atom is -0.348 e. The molecule has 2 N–H and O–H groups in total. The molecule has 3 rings (SSSR count). The fourth-order valence-electron chi connectivity index (χ4n) is 3.78. The van der Waals surface area contributed by atoms with Crippen LogP contribution in [0.2, 0.25) is 0 Å². The van der Waals surface area contributed by atoms with Gasteiger partial charge >= 0.3 is 0 Å². The second kappa shape index (κ2) is 7.79. The molecule has 0 spiro atoms. The molecule has 1 heterocycles. The summed E-state index contributed by atoms with van der Waals surface area (Å²) in [6.07, 6.45) is 4.69. The van der Waals surface area contributed by atoms with Crippen molar-refractivity contribution in [3.8, 4) is 0 Å². The Morgan fingerprint density at radius 3 is 2.38 bits per heavy atom. The van der Waals surface area contributed by atoms with Gasteiger partial charge in [0.15, 0.2) is 6.04 Å². The number of hydrogen-bond acceptors (Lipinski definition) is 2. The van der Waals surface area contributed by atoms with Crippen LogP contribution in [-0.4, -0.2) is 55.0 Å². The molecule has 2 aliphatic rings. The van der Waals surface area contributed by atoms with Crippen LogP contribution in [0.3, 0.4) is 0 Å². The quantitative estimate of drug-likeness (QED) is 0.843. The summed E-state index contributed by atoms with van der Waals surface area (Å²) >= 11 is 0. The van der Waals surface area contributed by atoms with Crippen molar-refractivity contribution < 1.29 is 14.5 Å². The van der Waals surface area contributed by atoms with Crippen LogP contribution in [0.15, 0.2) is 30.3 Å². The lowest BCUT2D eigenvalue weighted by Crippen LogP contribution is -3.19. The number of quaternary nitrogens is 1. The van der Waals surface area contributed by atoms with Crippen LogP contribution in [0.4, 0.5) is 0 Å². The van der Waals surface area contributed by atoms with Crippen LogP contribution < -0.4 is 10.2 Å². The molecule has 0 radical (unpaired) electrons. The van der Waals surface area contributed by atoms with Gasteiger partial charge in [-0.25, -0.2) is 0 Å². The third-order valence-corrected chi connectivity index (χ3v) is 5.42. The van der Waals surface area contributed by atoms with Crippen molar-refractivity contribution in [1.82, 2.24) is 10.2 Å². The van der Waals surface area contributed by atoms with Gasteiger partial charge in [0.1, 0.15) is 0 Å². The molecule has 5 nitrogen and oxygen atoms in total. The monoisotopic (exact) mass is 330 g/mol. The van der Waals surface area contributed by atoms with E-state index in [2.05, 4.69) is 5.32 Å². The van der Waals surface area contributed by atoms with Crippen molar-refractivity contribution in [2.24, 2.45) is 0 Å². The van der Waals surface area contributed by atoms with Crippen molar-refractivity contribution in [1.29, 1.82) is 0 Å². The van der Waals surface area contributed by atoms with Crippen LogP contribution in [0.5, 0.6) is 0 Å². The topological polar surface area (TPSA) is 53.9 Å². The molecule has 0 unspecified atom stereocenters. The largest absolute Gasteiger partial charge is 0.348 e. The highest BCUT2D eigenvalue weighted by Gasteiger charge is 2.32. The van der Waals surface area contributed by atoms with Gasteiger partial charge in [-0.05, 0) is 31.9 Å². The van der Waals surface area contributed by atoms with Crippen LogP contribution in [0.25, 0.3) is 0 Å². The van der Waals surface area contributed by atoms with E-state index >= 15 is 0 Å². The highest BCUT2D eigenvalue weighted by atomic mass is 16.2. The minimum absolute atomic E-state index is 0.0421. The number of benzene rings is 1. The van der Waals surface area contributed by atoms with Crippen molar-refractivity contribution >= 4 is 11.8 Å². The summed E-state index contributed by atoms with van der Waals surface area (Å²) in [5, 5.41) is 3.20. The molecular weight excluding hydrogens is 302 g/mol. The fraction of sp³-hybridized carbons (Fsp3) is 0.579. The molecular formula is C19H28N3O2+. The maximum Gasteiger partial charge on any atom is 0.278 e. The van der Waals surface area contributed by atoms with Gasteiger partial charge in [-0.2, -0.15) is 0 Å². The number of nitrogens with one attached hydrogen (secondary N) is 2. The Bertz CT molecular complexity index is 561. The zero-order valence-corrected chi connectivity index (χ0v) is 14.5. The Kier molecular flexibility index (Phi) is 5.51. The number of hydrogen-bond donors (Lipinski definition) is 2. The molecule has 1 saturated carbocycles. The summed E-state index contributed by atoms with van der Waals surface area (Å²) in [7, 11) is 0. The van der Waals surface area contributed by atoms with Gasteiger partial charge in [0.25, 0.3) is 11.8 Å². The van der Waals surface area contributed by atoms with Crippen LogP contribution >= 0.6 is 0 Å². The SMILES string of the molecule is C[C@H](C(=O)NC1CCCC1)[NH+]1CCN(C(=O)c2ccccc2)CC1. The van der Waals surface area contributed by atoms with Gasteiger partial charge in [0.2, 0.25) is 0 Å². The summed E-state index contributed by atoms with van der Waals surface area (Å²) in [6.45, 7) is 5.10. The Hall–Kier alpha value is -1.88. The predicted octanol–water partition coefficient (Wildman–Crippen LogP) is 0.475. The van der Waals surface area contributed by atoms with E-state index in [1.165, 1.54) is 17.7 Å². The number of carbonyl (C=O) groups excluding carboxylic acids is 2. The Morgan fingerprint density at radius 1 is 1.12 bits per heavy atom. The minimum atomic E-state index is -0.0421. The molecule has 1 atom stereocenters. The molecule has 24 heavy (non-hydrogen) atoms. The average molecular weight is 330 g/mol. The number of amides is 2. The van der Waals surface area contributed by atoms with Crippen LogP contribution in [-0.2, 0) is 4.79 Å². The Balaban J connectivity index is 1.49. The zero-order valence-electron chi connectivity index (χ0n) is 14.5. The third-order valence-electron chi connectivity index (χ3n) is 5.42. The lowest BCUT2D eigenvalue weighted by molar-refractivity contribution is -0.917. The van der Waals surface area contributed by atoms with E-state index in [1.54, 1.807) is 0 Å². The predicted molar refractivity (Wildman–Crippen MR) is 92.9 cm³/mol. The highest BCUT2D eigenvalue weighted by molar-refractivity contribution is 5.94. The fourth-order valence-corrected chi connectivity index (χ4v) is 3.78. The first-order valence-electron chi connectivity index (χ1n) is 9.14. The summed E-state index contributed by atoms with van der Waals surface area (Å²) < 4.78 is 0. The zero-order chi connectivity index (χ0) is 16.9. The normalized spacial score (nSPS) is 20.8. The molecule has 1 aromatic rings. The lowest BCUT2D eigenvalue weighted by atomic mass is 10.1. The molecule has 0 aromatic heterocycles. The molecule has 1 aliphatic carbocycles. The second-order valence-corrected chi connectivity index (χ2v) is 7.03. The number of rotatable bonds is 4. The average Bonchev–Trinajstić information content (AvgIpc) is 3.14.